The molecule has 0 unspecified atom stereocenters. The Kier molecular flexibility index (Phi) is 5.07. The van der Waals surface area contributed by atoms with Gasteiger partial charge in [-0.2, -0.15) is 0 Å². The van der Waals surface area contributed by atoms with E-state index in [1.54, 1.807) is 12.0 Å². The maximum Gasteiger partial charge on any atom is 0.226 e. The molecule has 0 bridgehead atoms. The van der Waals surface area contributed by atoms with E-state index in [-0.39, 0.29) is 23.8 Å². The van der Waals surface area contributed by atoms with Crippen LogP contribution < -0.4 is 4.74 Å². The fraction of sp³-hybridized carbons (Fsp3) is 0.579. The summed E-state index contributed by atoms with van der Waals surface area (Å²) in [5, 5.41) is 0. The number of nitrogens with zero attached hydrogens (tertiary/aromatic N) is 2. The highest BCUT2D eigenvalue weighted by Crippen LogP contribution is 2.27. The Morgan fingerprint density at radius 2 is 1.96 bits per heavy atom. The molecule has 5 nitrogen and oxygen atoms in total. The number of carbonyl (C=O) groups is 2. The number of benzene rings is 1. The molecule has 5 heteroatoms. The molecule has 24 heavy (non-hydrogen) atoms. The van der Waals surface area contributed by atoms with E-state index in [1.165, 1.54) is 5.56 Å². The van der Waals surface area contributed by atoms with Gasteiger partial charge in [0.1, 0.15) is 5.75 Å². The molecule has 2 fully saturated rings. The summed E-state index contributed by atoms with van der Waals surface area (Å²) in [6, 6.07) is 8.32. The first-order chi connectivity index (χ1) is 11.6. The maximum absolute atomic E-state index is 12.9. The molecule has 0 N–H and O–H groups in total. The van der Waals surface area contributed by atoms with Gasteiger partial charge in [0.25, 0.3) is 0 Å². The van der Waals surface area contributed by atoms with Crippen LogP contribution in [0.2, 0.25) is 0 Å². The monoisotopic (exact) mass is 330 g/mol. The van der Waals surface area contributed by atoms with Crippen LogP contribution in [0.4, 0.5) is 0 Å². The maximum atomic E-state index is 12.9. The highest BCUT2D eigenvalue weighted by Gasteiger charge is 2.36. The Balaban J connectivity index is 1.64. The highest BCUT2D eigenvalue weighted by molar-refractivity contribution is 5.87. The van der Waals surface area contributed by atoms with Crippen molar-refractivity contribution >= 4 is 11.8 Å². The number of likely N-dealkylation sites (tertiary alicyclic amines) is 2. The first kappa shape index (κ1) is 16.8. The van der Waals surface area contributed by atoms with Gasteiger partial charge >= 0.3 is 0 Å². The number of ether oxygens (including phenoxy) is 1. The fourth-order valence-electron chi connectivity index (χ4n) is 3.76. The third-order valence-electron chi connectivity index (χ3n) is 5.30. The third kappa shape index (κ3) is 3.55. The first-order valence-electron chi connectivity index (χ1n) is 8.76. The smallest absolute Gasteiger partial charge is 0.226 e. The van der Waals surface area contributed by atoms with Crippen LogP contribution in [-0.4, -0.2) is 54.9 Å². The number of methoxy groups -OCH3 is 1. The second-order valence-electron chi connectivity index (χ2n) is 6.88. The number of amides is 2. The molecule has 1 aromatic rings. The molecule has 0 radical (unpaired) electrons. The molecule has 2 amide bonds. The number of carbonyl (C=O) groups excluding carboxylic acids is 2. The van der Waals surface area contributed by atoms with E-state index in [1.807, 2.05) is 24.1 Å². The summed E-state index contributed by atoms with van der Waals surface area (Å²) in [7, 11) is 3.47. The van der Waals surface area contributed by atoms with Crippen LogP contribution in [0, 0.1) is 5.92 Å². The van der Waals surface area contributed by atoms with E-state index in [9.17, 15) is 9.59 Å². The van der Waals surface area contributed by atoms with Crippen molar-refractivity contribution in [3.63, 3.8) is 0 Å². The fourth-order valence-corrected chi connectivity index (χ4v) is 3.76. The average Bonchev–Trinajstić information content (AvgIpc) is 3.05. The summed E-state index contributed by atoms with van der Waals surface area (Å²) in [5.74, 6) is 0.978. The van der Waals surface area contributed by atoms with E-state index in [4.69, 9.17) is 4.74 Å². The summed E-state index contributed by atoms with van der Waals surface area (Å²) < 4.78 is 5.20. The quantitative estimate of drug-likeness (QED) is 0.849. The van der Waals surface area contributed by atoms with E-state index in [0.29, 0.717) is 13.0 Å². The number of hydrogen-bond donors (Lipinski definition) is 0. The molecule has 0 aromatic heterocycles. The predicted octanol–water partition coefficient (Wildman–Crippen LogP) is 2.10. The van der Waals surface area contributed by atoms with Crippen LogP contribution in [-0.2, 0) is 16.0 Å². The standard InChI is InChI=1S/C19H26N2O3/c1-20-11-9-15(13-18(20)22)19(23)21-10-3-4-16(21)12-14-5-7-17(24-2)8-6-14/h5-8,15-16H,3-4,9-13H2,1-2H3/t15-,16+/m1/s1. The van der Waals surface area contributed by atoms with Gasteiger partial charge < -0.3 is 14.5 Å². The van der Waals surface area contributed by atoms with Gasteiger partial charge in [-0.1, -0.05) is 12.1 Å². The highest BCUT2D eigenvalue weighted by atomic mass is 16.5. The van der Waals surface area contributed by atoms with Gasteiger partial charge in [0.05, 0.1) is 7.11 Å². The van der Waals surface area contributed by atoms with Gasteiger partial charge in [-0.05, 0) is 43.4 Å². The number of hydrogen-bond acceptors (Lipinski definition) is 3. The van der Waals surface area contributed by atoms with Gasteiger partial charge in [0, 0.05) is 38.5 Å². The van der Waals surface area contributed by atoms with Gasteiger partial charge in [0.15, 0.2) is 0 Å². The SMILES string of the molecule is COc1ccc(C[C@@H]2CCCN2C(=O)[C@@H]2CCN(C)C(=O)C2)cc1. The van der Waals surface area contributed by atoms with E-state index in [0.717, 1.165) is 38.0 Å². The Labute approximate surface area is 143 Å². The molecule has 2 heterocycles. The lowest BCUT2D eigenvalue weighted by molar-refractivity contribution is -0.144. The van der Waals surface area contributed by atoms with Crippen molar-refractivity contribution in [3.05, 3.63) is 29.8 Å². The molecule has 3 rings (SSSR count). The van der Waals surface area contributed by atoms with Crippen LogP contribution in [0.3, 0.4) is 0 Å². The zero-order valence-electron chi connectivity index (χ0n) is 14.5. The molecule has 130 valence electrons. The summed E-state index contributed by atoms with van der Waals surface area (Å²) in [6.45, 7) is 1.51. The van der Waals surface area contributed by atoms with E-state index >= 15 is 0 Å². The molecular weight excluding hydrogens is 304 g/mol. The molecule has 0 aliphatic carbocycles. The molecule has 2 saturated heterocycles. The molecule has 1 aromatic carbocycles. The largest absolute Gasteiger partial charge is 0.497 e. The molecule has 0 saturated carbocycles. The lowest BCUT2D eigenvalue weighted by atomic mass is 9.94. The van der Waals surface area contributed by atoms with Crippen molar-refractivity contribution in [2.45, 2.75) is 38.1 Å². The summed E-state index contributed by atoms with van der Waals surface area (Å²) in [4.78, 5) is 28.5. The predicted molar refractivity (Wildman–Crippen MR) is 91.8 cm³/mol. The lowest BCUT2D eigenvalue weighted by Crippen LogP contribution is -2.45. The number of rotatable bonds is 4. The average molecular weight is 330 g/mol. The second kappa shape index (κ2) is 7.24. The van der Waals surface area contributed by atoms with Crippen molar-refractivity contribution in [1.29, 1.82) is 0 Å². The Morgan fingerprint density at radius 3 is 2.62 bits per heavy atom. The van der Waals surface area contributed by atoms with E-state index < -0.39 is 0 Å². The van der Waals surface area contributed by atoms with Crippen LogP contribution in [0.15, 0.2) is 24.3 Å². The minimum atomic E-state index is -0.134. The number of piperidine rings is 1. The van der Waals surface area contributed by atoms with Gasteiger partial charge in [0.2, 0.25) is 11.8 Å². The minimum Gasteiger partial charge on any atom is -0.497 e. The Hall–Kier alpha value is -2.04. The third-order valence-corrected chi connectivity index (χ3v) is 5.30. The summed E-state index contributed by atoms with van der Waals surface area (Å²) in [6.07, 6.45) is 4.11. The molecule has 2 aliphatic heterocycles. The van der Waals surface area contributed by atoms with Crippen molar-refractivity contribution in [3.8, 4) is 5.75 Å². The van der Waals surface area contributed by atoms with Crippen LogP contribution in [0.25, 0.3) is 0 Å². The Bertz CT molecular complexity index is 599. The normalized spacial score (nSPS) is 24.3. The zero-order chi connectivity index (χ0) is 17.1. The second-order valence-corrected chi connectivity index (χ2v) is 6.88. The molecule has 2 atom stereocenters. The molecule has 2 aliphatic rings. The van der Waals surface area contributed by atoms with Gasteiger partial charge in [-0.3, -0.25) is 9.59 Å². The van der Waals surface area contributed by atoms with Gasteiger partial charge in [-0.25, -0.2) is 0 Å². The first-order valence-corrected chi connectivity index (χ1v) is 8.76. The molecule has 0 spiro atoms. The van der Waals surface area contributed by atoms with Crippen molar-refractivity contribution in [2.75, 3.05) is 27.2 Å². The van der Waals surface area contributed by atoms with Crippen molar-refractivity contribution in [1.82, 2.24) is 9.80 Å². The lowest BCUT2D eigenvalue weighted by Gasteiger charge is -2.33. The van der Waals surface area contributed by atoms with E-state index in [2.05, 4.69) is 12.1 Å². The topological polar surface area (TPSA) is 49.9 Å². The zero-order valence-corrected chi connectivity index (χ0v) is 14.5. The molecular formula is C19H26N2O3. The summed E-state index contributed by atoms with van der Waals surface area (Å²) in [5.41, 5.74) is 1.22. The summed E-state index contributed by atoms with van der Waals surface area (Å²) >= 11 is 0. The Morgan fingerprint density at radius 1 is 1.21 bits per heavy atom. The van der Waals surface area contributed by atoms with Crippen LogP contribution >= 0.6 is 0 Å². The minimum absolute atomic E-state index is 0.0884. The van der Waals surface area contributed by atoms with Gasteiger partial charge in [-0.15, -0.1) is 0 Å². The van der Waals surface area contributed by atoms with Crippen molar-refractivity contribution < 1.29 is 14.3 Å². The van der Waals surface area contributed by atoms with Crippen LogP contribution in [0.1, 0.15) is 31.2 Å². The van der Waals surface area contributed by atoms with Crippen molar-refractivity contribution in [2.24, 2.45) is 5.92 Å². The van der Waals surface area contributed by atoms with Crippen LogP contribution in [0.5, 0.6) is 5.75 Å².